The SMILES string of the molecule is CCCCCCCCOc1ccc(-c2ccc(CCc3ccc(C)cc3F)cc2)c(F)c1F. The van der Waals surface area contributed by atoms with E-state index in [4.69, 9.17) is 4.74 Å². The molecule has 176 valence electrons. The number of halogens is 3. The Morgan fingerprint density at radius 3 is 2.18 bits per heavy atom. The lowest BCUT2D eigenvalue weighted by Crippen LogP contribution is -2.02. The molecule has 0 atom stereocenters. The molecule has 4 heteroatoms. The Kier molecular flexibility index (Phi) is 9.41. The second-order valence-electron chi connectivity index (χ2n) is 8.65. The van der Waals surface area contributed by atoms with E-state index >= 15 is 0 Å². The van der Waals surface area contributed by atoms with E-state index in [1.54, 1.807) is 18.2 Å². The average Bonchev–Trinajstić information content (AvgIpc) is 2.81. The molecule has 3 aromatic rings. The van der Waals surface area contributed by atoms with Crippen LogP contribution in [-0.2, 0) is 12.8 Å². The van der Waals surface area contributed by atoms with Crippen molar-refractivity contribution in [1.29, 1.82) is 0 Å². The monoisotopic (exact) mass is 454 g/mol. The second kappa shape index (κ2) is 12.5. The highest BCUT2D eigenvalue weighted by Crippen LogP contribution is 2.30. The van der Waals surface area contributed by atoms with Crippen molar-refractivity contribution < 1.29 is 17.9 Å². The first-order valence-electron chi connectivity index (χ1n) is 11.9. The number of unbranched alkanes of at least 4 members (excludes halogenated alkanes) is 5. The summed E-state index contributed by atoms with van der Waals surface area (Å²) in [5.41, 5.74) is 3.39. The first-order valence-corrected chi connectivity index (χ1v) is 11.9. The fourth-order valence-electron chi connectivity index (χ4n) is 3.92. The summed E-state index contributed by atoms with van der Waals surface area (Å²) in [6.07, 6.45) is 7.89. The molecule has 3 aromatic carbocycles. The summed E-state index contributed by atoms with van der Waals surface area (Å²) in [4.78, 5) is 0. The number of hydrogen-bond donors (Lipinski definition) is 0. The standard InChI is InChI=1S/C29H33F3O/c1-3-4-5-6-7-8-19-33-27-18-17-25(28(31)29(27)32)23-14-10-22(11-15-23)12-16-24-13-9-21(2)20-26(24)30/h9-11,13-15,17-18,20H,3-8,12,16,19H2,1-2H3. The fraction of sp³-hybridized carbons (Fsp3) is 0.379. The molecule has 0 aliphatic carbocycles. The largest absolute Gasteiger partial charge is 0.490 e. The molecule has 0 aliphatic heterocycles. The van der Waals surface area contributed by atoms with Gasteiger partial charge < -0.3 is 4.74 Å². The third-order valence-corrected chi connectivity index (χ3v) is 5.96. The van der Waals surface area contributed by atoms with Gasteiger partial charge in [-0.05, 0) is 66.6 Å². The van der Waals surface area contributed by atoms with Gasteiger partial charge in [-0.15, -0.1) is 0 Å². The molecule has 0 unspecified atom stereocenters. The van der Waals surface area contributed by atoms with E-state index in [1.165, 1.54) is 31.4 Å². The van der Waals surface area contributed by atoms with E-state index < -0.39 is 11.6 Å². The average molecular weight is 455 g/mol. The second-order valence-corrected chi connectivity index (χ2v) is 8.65. The molecular weight excluding hydrogens is 421 g/mol. The van der Waals surface area contributed by atoms with Gasteiger partial charge >= 0.3 is 0 Å². The van der Waals surface area contributed by atoms with Crippen molar-refractivity contribution in [2.45, 2.75) is 65.2 Å². The highest BCUT2D eigenvalue weighted by Gasteiger charge is 2.16. The maximum Gasteiger partial charge on any atom is 0.201 e. The van der Waals surface area contributed by atoms with Crippen molar-refractivity contribution in [3.8, 4) is 16.9 Å². The maximum atomic E-state index is 14.7. The minimum absolute atomic E-state index is 0.0402. The minimum atomic E-state index is -0.947. The molecule has 0 aromatic heterocycles. The van der Waals surface area contributed by atoms with Gasteiger partial charge in [-0.3, -0.25) is 0 Å². The van der Waals surface area contributed by atoms with Gasteiger partial charge in [-0.25, -0.2) is 8.78 Å². The molecule has 0 bridgehead atoms. The Morgan fingerprint density at radius 2 is 1.45 bits per heavy atom. The van der Waals surface area contributed by atoms with Crippen LogP contribution in [0.3, 0.4) is 0 Å². The van der Waals surface area contributed by atoms with Crippen molar-refractivity contribution in [3.63, 3.8) is 0 Å². The summed E-state index contributed by atoms with van der Waals surface area (Å²) in [6.45, 7) is 4.42. The highest BCUT2D eigenvalue weighted by molar-refractivity contribution is 5.65. The van der Waals surface area contributed by atoms with Gasteiger partial charge in [-0.2, -0.15) is 4.39 Å². The third kappa shape index (κ3) is 7.12. The van der Waals surface area contributed by atoms with Crippen LogP contribution in [0.25, 0.3) is 11.1 Å². The van der Waals surface area contributed by atoms with Crippen LogP contribution in [0.1, 0.15) is 62.1 Å². The highest BCUT2D eigenvalue weighted by atomic mass is 19.2. The molecule has 0 fully saturated rings. The summed E-state index contributed by atoms with van der Waals surface area (Å²) >= 11 is 0. The van der Waals surface area contributed by atoms with Crippen LogP contribution in [0.5, 0.6) is 5.75 Å². The number of ether oxygens (including phenoxy) is 1. The van der Waals surface area contributed by atoms with E-state index in [1.807, 2.05) is 31.2 Å². The van der Waals surface area contributed by atoms with Crippen molar-refractivity contribution in [2.75, 3.05) is 6.61 Å². The summed E-state index contributed by atoms with van der Waals surface area (Å²) in [6, 6.07) is 15.6. The van der Waals surface area contributed by atoms with E-state index in [0.29, 0.717) is 30.6 Å². The first kappa shape index (κ1) is 24.9. The summed E-state index contributed by atoms with van der Waals surface area (Å²) < 4.78 is 48.8. The molecule has 0 saturated carbocycles. The zero-order chi connectivity index (χ0) is 23.6. The normalized spacial score (nSPS) is 11.1. The van der Waals surface area contributed by atoms with Gasteiger partial charge in [0, 0.05) is 5.56 Å². The lowest BCUT2D eigenvalue weighted by atomic mass is 9.99. The van der Waals surface area contributed by atoms with Gasteiger partial charge in [0.05, 0.1) is 6.61 Å². The van der Waals surface area contributed by atoms with Gasteiger partial charge in [-0.1, -0.05) is 75.4 Å². The zero-order valence-electron chi connectivity index (χ0n) is 19.6. The minimum Gasteiger partial charge on any atom is -0.490 e. The number of aryl methyl sites for hydroxylation is 3. The Morgan fingerprint density at radius 1 is 0.727 bits per heavy atom. The van der Waals surface area contributed by atoms with Crippen LogP contribution in [0.15, 0.2) is 54.6 Å². The molecule has 0 radical (unpaired) electrons. The smallest absolute Gasteiger partial charge is 0.201 e. The maximum absolute atomic E-state index is 14.7. The molecule has 0 spiro atoms. The predicted molar refractivity (Wildman–Crippen MR) is 129 cm³/mol. The molecular formula is C29H33F3O. The van der Waals surface area contributed by atoms with Crippen molar-refractivity contribution >= 4 is 0 Å². The number of benzene rings is 3. The lowest BCUT2D eigenvalue weighted by Gasteiger charge is -2.11. The topological polar surface area (TPSA) is 9.23 Å². The van der Waals surface area contributed by atoms with Crippen LogP contribution in [0, 0.1) is 24.4 Å². The van der Waals surface area contributed by atoms with Crippen LogP contribution in [0.4, 0.5) is 13.2 Å². The predicted octanol–water partition coefficient (Wildman–Crippen LogP) is 8.60. The molecule has 33 heavy (non-hydrogen) atoms. The fourth-order valence-corrected chi connectivity index (χ4v) is 3.92. The molecule has 0 saturated heterocycles. The van der Waals surface area contributed by atoms with Crippen molar-refractivity contribution in [2.24, 2.45) is 0 Å². The molecule has 3 rings (SSSR count). The Bertz CT molecular complexity index is 1030. The van der Waals surface area contributed by atoms with E-state index in [-0.39, 0.29) is 17.1 Å². The molecule has 0 heterocycles. The Balaban J connectivity index is 1.57. The first-order chi connectivity index (χ1) is 16.0. The van der Waals surface area contributed by atoms with Crippen molar-refractivity contribution in [3.05, 3.63) is 88.7 Å². The van der Waals surface area contributed by atoms with Gasteiger partial charge in [0.25, 0.3) is 0 Å². The van der Waals surface area contributed by atoms with Gasteiger partial charge in [0.1, 0.15) is 5.82 Å². The Labute approximate surface area is 195 Å². The molecule has 0 N–H and O–H groups in total. The van der Waals surface area contributed by atoms with E-state index in [0.717, 1.165) is 30.4 Å². The van der Waals surface area contributed by atoms with Crippen LogP contribution in [-0.4, -0.2) is 6.61 Å². The van der Waals surface area contributed by atoms with E-state index in [9.17, 15) is 13.2 Å². The van der Waals surface area contributed by atoms with Crippen LogP contribution in [0.2, 0.25) is 0 Å². The zero-order valence-corrected chi connectivity index (χ0v) is 19.6. The number of hydrogen-bond acceptors (Lipinski definition) is 1. The molecule has 0 aliphatic rings. The quantitative estimate of drug-likeness (QED) is 0.249. The third-order valence-electron chi connectivity index (χ3n) is 5.96. The van der Waals surface area contributed by atoms with Crippen LogP contribution < -0.4 is 4.74 Å². The molecule has 0 amide bonds. The van der Waals surface area contributed by atoms with E-state index in [2.05, 4.69) is 6.92 Å². The summed E-state index contributed by atoms with van der Waals surface area (Å²) in [5.74, 6) is -2.08. The Hall–Kier alpha value is -2.75. The summed E-state index contributed by atoms with van der Waals surface area (Å²) in [7, 11) is 0. The van der Waals surface area contributed by atoms with Gasteiger partial charge in [0.2, 0.25) is 5.82 Å². The molecule has 1 nitrogen and oxygen atoms in total. The van der Waals surface area contributed by atoms with Gasteiger partial charge in [0.15, 0.2) is 11.6 Å². The number of rotatable bonds is 12. The summed E-state index contributed by atoms with van der Waals surface area (Å²) in [5, 5.41) is 0. The lowest BCUT2D eigenvalue weighted by molar-refractivity contribution is 0.285. The van der Waals surface area contributed by atoms with Crippen molar-refractivity contribution in [1.82, 2.24) is 0 Å². The van der Waals surface area contributed by atoms with Crippen LogP contribution >= 0.6 is 0 Å².